The van der Waals surface area contributed by atoms with Gasteiger partial charge in [-0.25, -0.2) is 4.98 Å². The summed E-state index contributed by atoms with van der Waals surface area (Å²) in [6.07, 6.45) is 17.1. The van der Waals surface area contributed by atoms with Crippen LogP contribution in [0, 0.1) is 16.7 Å². The number of pyridine rings is 1. The Morgan fingerprint density at radius 3 is 2.75 bits per heavy atom. The van der Waals surface area contributed by atoms with Crippen LogP contribution in [0.2, 0.25) is 0 Å². The van der Waals surface area contributed by atoms with Crippen molar-refractivity contribution in [3.05, 3.63) is 100 Å². The van der Waals surface area contributed by atoms with Crippen molar-refractivity contribution >= 4 is 22.2 Å². The average molecular weight is 470 g/mol. The van der Waals surface area contributed by atoms with Crippen molar-refractivity contribution in [3.8, 4) is 6.07 Å². The second-order valence-electron chi connectivity index (χ2n) is 11.2. The SMILES string of the molecule is CC1(C)C2=C(CCC=C2)C2=C1c1c(n(C3=CC(c4ccc(C#N)nc4)CCC3)c3ccccc13)CC2. The van der Waals surface area contributed by atoms with Gasteiger partial charge in [0.1, 0.15) is 11.8 Å². The predicted octanol–water partition coefficient (Wildman–Crippen LogP) is 8.10. The molecule has 1 aromatic carbocycles. The van der Waals surface area contributed by atoms with Crippen LogP contribution in [-0.4, -0.2) is 9.55 Å². The van der Waals surface area contributed by atoms with E-state index in [0.717, 1.165) is 32.1 Å². The van der Waals surface area contributed by atoms with Gasteiger partial charge in [0.2, 0.25) is 0 Å². The van der Waals surface area contributed by atoms with E-state index in [4.69, 9.17) is 5.26 Å². The minimum atomic E-state index is 0.0450. The zero-order valence-corrected chi connectivity index (χ0v) is 21.1. The molecule has 0 aliphatic heterocycles. The summed E-state index contributed by atoms with van der Waals surface area (Å²) in [7, 11) is 0. The molecule has 3 nitrogen and oxygen atoms in total. The zero-order chi connectivity index (χ0) is 24.4. The third-order valence-electron chi connectivity index (χ3n) is 8.93. The Morgan fingerprint density at radius 2 is 1.92 bits per heavy atom. The van der Waals surface area contributed by atoms with Gasteiger partial charge < -0.3 is 4.57 Å². The molecule has 0 saturated heterocycles. The van der Waals surface area contributed by atoms with Gasteiger partial charge in [-0.2, -0.15) is 5.26 Å². The molecule has 0 bridgehead atoms. The molecule has 0 spiro atoms. The number of hydrogen-bond donors (Lipinski definition) is 0. The molecular formula is C33H31N3. The Balaban J connectivity index is 1.40. The van der Waals surface area contributed by atoms with Gasteiger partial charge >= 0.3 is 0 Å². The molecule has 0 radical (unpaired) electrons. The van der Waals surface area contributed by atoms with Gasteiger partial charge in [-0.1, -0.05) is 56.3 Å². The molecule has 4 aliphatic rings. The molecule has 0 N–H and O–H groups in total. The Hall–Kier alpha value is -3.64. The Morgan fingerprint density at radius 1 is 1.03 bits per heavy atom. The van der Waals surface area contributed by atoms with Gasteiger partial charge in [0.05, 0.1) is 5.52 Å². The van der Waals surface area contributed by atoms with Crippen LogP contribution in [0.15, 0.2) is 77.5 Å². The van der Waals surface area contributed by atoms with E-state index >= 15 is 0 Å². The summed E-state index contributed by atoms with van der Waals surface area (Å²) in [6, 6.07) is 15.1. The normalized spacial score (nSPS) is 22.2. The maximum absolute atomic E-state index is 9.15. The van der Waals surface area contributed by atoms with E-state index in [0.29, 0.717) is 11.6 Å². The summed E-state index contributed by atoms with van der Waals surface area (Å²) >= 11 is 0. The summed E-state index contributed by atoms with van der Waals surface area (Å²) < 4.78 is 2.61. The maximum atomic E-state index is 9.15. The lowest BCUT2D eigenvalue weighted by Crippen LogP contribution is -2.17. The number of fused-ring (bicyclic) bond motifs is 5. The fraction of sp³-hybridized carbons (Fsp3) is 0.333. The van der Waals surface area contributed by atoms with Crippen molar-refractivity contribution < 1.29 is 0 Å². The molecule has 3 aromatic rings. The van der Waals surface area contributed by atoms with Gasteiger partial charge in [0.15, 0.2) is 0 Å². The standard InChI is InChI=1S/C33H31N3/c1-33(2)28-12-5-3-10-25(28)26-16-17-30-31(32(26)33)27-11-4-6-13-29(27)36(30)24-9-7-8-21(18-24)22-14-15-23(19-34)35-20-22/h4-6,11-15,18,20-21H,3,7-10,16-17H2,1-2H3. The first-order valence-corrected chi connectivity index (χ1v) is 13.4. The van der Waals surface area contributed by atoms with E-state index < -0.39 is 0 Å². The molecule has 1 atom stereocenters. The van der Waals surface area contributed by atoms with Gasteiger partial charge in [-0.3, -0.25) is 0 Å². The largest absolute Gasteiger partial charge is 0.317 e. The number of benzene rings is 1. The molecule has 4 aliphatic carbocycles. The Bertz CT molecular complexity index is 1580. The summed E-state index contributed by atoms with van der Waals surface area (Å²) in [5.41, 5.74) is 13.9. The highest BCUT2D eigenvalue weighted by Gasteiger charge is 2.43. The van der Waals surface area contributed by atoms with Crippen LogP contribution in [0.5, 0.6) is 0 Å². The molecule has 7 rings (SSSR count). The van der Waals surface area contributed by atoms with Crippen LogP contribution in [0.3, 0.4) is 0 Å². The molecule has 0 fully saturated rings. The van der Waals surface area contributed by atoms with Crippen LogP contribution in [0.4, 0.5) is 0 Å². The fourth-order valence-corrected chi connectivity index (χ4v) is 7.39. The zero-order valence-electron chi connectivity index (χ0n) is 21.1. The average Bonchev–Trinajstić information content (AvgIpc) is 3.38. The third-order valence-corrected chi connectivity index (χ3v) is 8.93. The van der Waals surface area contributed by atoms with E-state index in [1.54, 1.807) is 22.3 Å². The van der Waals surface area contributed by atoms with Crippen molar-refractivity contribution in [3.63, 3.8) is 0 Å². The van der Waals surface area contributed by atoms with Crippen LogP contribution in [0.1, 0.15) is 80.8 Å². The molecule has 2 aromatic heterocycles. The molecular weight excluding hydrogens is 438 g/mol. The lowest BCUT2D eigenvalue weighted by molar-refractivity contribution is 0.616. The van der Waals surface area contributed by atoms with Gasteiger partial charge in [-0.15, -0.1) is 0 Å². The number of nitriles is 1. The number of rotatable bonds is 2. The minimum Gasteiger partial charge on any atom is -0.317 e. The first-order chi connectivity index (χ1) is 17.6. The topological polar surface area (TPSA) is 41.6 Å². The molecule has 0 saturated carbocycles. The maximum Gasteiger partial charge on any atom is 0.140 e. The summed E-state index contributed by atoms with van der Waals surface area (Å²) in [5, 5.41) is 10.6. The first kappa shape index (κ1) is 21.6. The highest BCUT2D eigenvalue weighted by molar-refractivity contribution is 6.02. The minimum absolute atomic E-state index is 0.0450. The van der Waals surface area contributed by atoms with Crippen molar-refractivity contribution in [2.45, 2.75) is 64.7 Å². The second kappa shape index (κ2) is 7.93. The van der Waals surface area contributed by atoms with E-state index in [1.165, 1.54) is 46.3 Å². The van der Waals surface area contributed by atoms with Crippen LogP contribution in [0.25, 0.3) is 22.2 Å². The summed E-state index contributed by atoms with van der Waals surface area (Å²) in [6.45, 7) is 4.88. The van der Waals surface area contributed by atoms with E-state index in [-0.39, 0.29) is 5.41 Å². The Labute approximate surface area is 213 Å². The number of para-hydroxylation sites is 1. The monoisotopic (exact) mass is 469 g/mol. The lowest BCUT2D eigenvalue weighted by atomic mass is 9.74. The number of nitrogens with zero attached hydrogens (tertiary/aromatic N) is 3. The number of aromatic nitrogens is 2. The molecule has 0 amide bonds. The summed E-state index contributed by atoms with van der Waals surface area (Å²) in [4.78, 5) is 4.35. The Kier molecular flexibility index (Phi) is 4.77. The lowest BCUT2D eigenvalue weighted by Gasteiger charge is -2.30. The molecule has 2 heterocycles. The van der Waals surface area contributed by atoms with E-state index in [1.807, 2.05) is 12.3 Å². The van der Waals surface area contributed by atoms with Gasteiger partial charge in [0, 0.05) is 39.9 Å². The van der Waals surface area contributed by atoms with E-state index in [2.05, 4.69) is 78.0 Å². The van der Waals surface area contributed by atoms with Crippen LogP contribution in [-0.2, 0) is 6.42 Å². The second-order valence-corrected chi connectivity index (χ2v) is 11.2. The first-order valence-electron chi connectivity index (χ1n) is 13.4. The predicted molar refractivity (Wildman–Crippen MR) is 146 cm³/mol. The van der Waals surface area contributed by atoms with Crippen LogP contribution >= 0.6 is 0 Å². The van der Waals surface area contributed by atoms with Crippen molar-refractivity contribution in [1.29, 1.82) is 5.26 Å². The van der Waals surface area contributed by atoms with Crippen molar-refractivity contribution in [2.24, 2.45) is 5.41 Å². The van der Waals surface area contributed by atoms with Gasteiger partial charge in [0.25, 0.3) is 0 Å². The fourth-order valence-electron chi connectivity index (χ4n) is 7.39. The van der Waals surface area contributed by atoms with Crippen LogP contribution < -0.4 is 0 Å². The molecule has 36 heavy (non-hydrogen) atoms. The smallest absolute Gasteiger partial charge is 0.140 e. The van der Waals surface area contributed by atoms with Crippen molar-refractivity contribution in [2.75, 3.05) is 0 Å². The van der Waals surface area contributed by atoms with Crippen molar-refractivity contribution in [1.82, 2.24) is 9.55 Å². The molecule has 178 valence electrons. The quantitative estimate of drug-likeness (QED) is 0.380. The molecule has 3 heteroatoms. The van der Waals surface area contributed by atoms with Gasteiger partial charge in [-0.05, 0) is 84.9 Å². The number of allylic oxidation sites excluding steroid dienone is 8. The highest BCUT2D eigenvalue weighted by Crippen LogP contribution is 2.59. The third kappa shape index (κ3) is 3.00. The number of hydrogen-bond acceptors (Lipinski definition) is 2. The highest BCUT2D eigenvalue weighted by atomic mass is 15.0. The molecule has 1 unspecified atom stereocenters. The summed E-state index contributed by atoms with van der Waals surface area (Å²) in [5.74, 6) is 0.339. The van der Waals surface area contributed by atoms with E-state index in [9.17, 15) is 0 Å².